The van der Waals surface area contributed by atoms with Crippen molar-refractivity contribution in [1.82, 2.24) is 0 Å². The topological polar surface area (TPSA) is 80.6 Å². The third kappa shape index (κ3) is 12.5. The van der Waals surface area contributed by atoms with Crippen LogP contribution in [-0.4, -0.2) is 28.4 Å². The number of aliphatic hydroxyl groups is 2. The number of hydrogen-bond acceptors (Lipinski definition) is 4. The summed E-state index contributed by atoms with van der Waals surface area (Å²) in [5.41, 5.74) is 0.671. The van der Waals surface area contributed by atoms with Gasteiger partial charge in [0.05, 0.1) is 6.10 Å². The Bertz CT molecular complexity index is 733. The minimum Gasteiger partial charge on any atom is -0.550 e. The van der Waals surface area contributed by atoms with Gasteiger partial charge in [0.1, 0.15) is 11.9 Å². The van der Waals surface area contributed by atoms with Gasteiger partial charge >= 0.3 is 29.6 Å². The van der Waals surface area contributed by atoms with E-state index in [4.69, 9.17) is 0 Å². The summed E-state index contributed by atoms with van der Waals surface area (Å²) in [4.78, 5) is 10.2. The number of aliphatic carboxylic acids is 1. The molecule has 0 aliphatic heterocycles. The molecule has 0 heterocycles. The van der Waals surface area contributed by atoms with Crippen LogP contribution in [0.5, 0.6) is 0 Å². The molecule has 0 aromatic heterocycles. The van der Waals surface area contributed by atoms with E-state index >= 15 is 0 Å². The molecule has 130 valence electrons. The summed E-state index contributed by atoms with van der Waals surface area (Å²) in [6.45, 7) is 0. The Hall–Kier alpha value is -1.86. The van der Waals surface area contributed by atoms with Crippen molar-refractivity contribution >= 4 is 5.97 Å². The van der Waals surface area contributed by atoms with Crippen LogP contribution in [0.4, 0.5) is 4.39 Å². The molecule has 0 spiro atoms. The number of carbonyl (C=O) groups is 1. The second-order valence-electron chi connectivity index (χ2n) is 5.04. The standard InChI is InChI=1S/C20H19FO4.Na/c21-17-12-10-16(11-13-17)6-5-9-18(22)7-3-1-2-4-8-19(23)14-15-20(24)25;/h1-3,7,10-13,18-19,22-23H,9,14-15H2,(H,24,25);/q;+1/p-1/b2-1+,7-3+;/t18-,19+;/m0./s1. The summed E-state index contributed by atoms with van der Waals surface area (Å²) >= 11 is 0. The van der Waals surface area contributed by atoms with E-state index in [0.717, 1.165) is 0 Å². The molecule has 0 fully saturated rings. The Morgan fingerprint density at radius 1 is 1.23 bits per heavy atom. The SMILES string of the molecule is O=C([O-])CC[C@H](O)C#C/C=C/C=C/[C@H](O)CC#Cc1ccc(F)cc1.[Na+]. The van der Waals surface area contributed by atoms with Crippen molar-refractivity contribution in [3.63, 3.8) is 0 Å². The summed E-state index contributed by atoms with van der Waals surface area (Å²) in [6.07, 6.45) is 4.41. The van der Waals surface area contributed by atoms with Gasteiger partial charge in [-0.15, -0.1) is 0 Å². The number of allylic oxidation sites excluding steroid dienone is 3. The van der Waals surface area contributed by atoms with Crippen molar-refractivity contribution in [2.75, 3.05) is 0 Å². The van der Waals surface area contributed by atoms with Gasteiger partial charge in [0.25, 0.3) is 0 Å². The second-order valence-corrected chi connectivity index (χ2v) is 5.04. The van der Waals surface area contributed by atoms with E-state index in [1.165, 1.54) is 24.3 Å². The molecule has 1 rings (SSSR count). The van der Waals surface area contributed by atoms with Crippen molar-refractivity contribution in [2.24, 2.45) is 0 Å². The molecule has 0 aliphatic rings. The Labute approximate surface area is 174 Å². The Balaban J connectivity index is 0.00000625. The zero-order valence-corrected chi connectivity index (χ0v) is 16.5. The molecule has 2 N–H and O–H groups in total. The van der Waals surface area contributed by atoms with Crippen molar-refractivity contribution < 1.29 is 54.1 Å². The number of aliphatic hydroxyl groups excluding tert-OH is 2. The van der Waals surface area contributed by atoms with Gasteiger partial charge in [0.15, 0.2) is 0 Å². The first-order valence-corrected chi connectivity index (χ1v) is 7.62. The van der Waals surface area contributed by atoms with E-state index in [2.05, 4.69) is 23.7 Å². The van der Waals surface area contributed by atoms with Crippen LogP contribution in [0.1, 0.15) is 24.8 Å². The second kappa shape index (κ2) is 14.3. The van der Waals surface area contributed by atoms with Crippen LogP contribution in [0.15, 0.2) is 48.6 Å². The molecule has 0 unspecified atom stereocenters. The van der Waals surface area contributed by atoms with Gasteiger partial charge in [-0.3, -0.25) is 0 Å². The molecule has 0 saturated heterocycles. The number of hydrogen-bond donors (Lipinski definition) is 2. The van der Waals surface area contributed by atoms with Crippen LogP contribution in [0, 0.1) is 29.5 Å². The van der Waals surface area contributed by atoms with Crippen LogP contribution < -0.4 is 34.7 Å². The predicted octanol–water partition coefficient (Wildman–Crippen LogP) is -2.06. The number of carboxylic acid groups (broad SMARTS) is 1. The summed E-state index contributed by atoms with van der Waals surface area (Å²) in [7, 11) is 0. The van der Waals surface area contributed by atoms with Crippen molar-refractivity contribution in [3.8, 4) is 23.7 Å². The van der Waals surface area contributed by atoms with Crippen molar-refractivity contribution in [1.29, 1.82) is 0 Å². The maximum absolute atomic E-state index is 12.7. The van der Waals surface area contributed by atoms with E-state index in [0.29, 0.717) is 5.56 Å². The van der Waals surface area contributed by atoms with E-state index in [9.17, 15) is 24.5 Å². The summed E-state index contributed by atoms with van der Waals surface area (Å²) in [5, 5.41) is 29.3. The fraction of sp³-hybridized carbons (Fsp3) is 0.250. The molecule has 0 saturated carbocycles. The minimum atomic E-state index is -1.23. The predicted molar refractivity (Wildman–Crippen MR) is 90.2 cm³/mol. The van der Waals surface area contributed by atoms with Crippen LogP contribution >= 0.6 is 0 Å². The molecule has 26 heavy (non-hydrogen) atoms. The van der Waals surface area contributed by atoms with Gasteiger partial charge in [0.2, 0.25) is 0 Å². The quantitative estimate of drug-likeness (QED) is 0.346. The third-order valence-corrected chi connectivity index (χ3v) is 2.88. The molecular weight excluding hydrogens is 346 g/mol. The molecule has 1 aromatic carbocycles. The summed E-state index contributed by atoms with van der Waals surface area (Å²) < 4.78 is 12.7. The number of carbonyl (C=O) groups excluding carboxylic acids is 1. The third-order valence-electron chi connectivity index (χ3n) is 2.88. The smallest absolute Gasteiger partial charge is 0.550 e. The Kier molecular flexibility index (Phi) is 13.3. The number of rotatable bonds is 6. The Morgan fingerprint density at radius 3 is 2.58 bits per heavy atom. The van der Waals surface area contributed by atoms with Gasteiger partial charge in [0, 0.05) is 18.0 Å². The van der Waals surface area contributed by atoms with Gasteiger partial charge in [-0.25, -0.2) is 4.39 Å². The Morgan fingerprint density at radius 2 is 1.92 bits per heavy atom. The number of benzene rings is 1. The average Bonchev–Trinajstić information content (AvgIpc) is 2.58. The molecule has 2 atom stereocenters. The van der Waals surface area contributed by atoms with Gasteiger partial charge in [-0.1, -0.05) is 41.9 Å². The normalized spacial score (nSPS) is 12.4. The van der Waals surface area contributed by atoms with Gasteiger partial charge in [-0.2, -0.15) is 0 Å². The molecule has 4 nitrogen and oxygen atoms in total. The van der Waals surface area contributed by atoms with E-state index in [1.54, 1.807) is 24.3 Å². The van der Waals surface area contributed by atoms with Crippen molar-refractivity contribution in [3.05, 3.63) is 60.0 Å². The molecule has 1 aromatic rings. The first-order valence-electron chi connectivity index (χ1n) is 7.62. The molecule has 0 radical (unpaired) electrons. The molecule has 0 bridgehead atoms. The average molecular weight is 364 g/mol. The maximum Gasteiger partial charge on any atom is 1.00 e. The zero-order valence-electron chi connectivity index (χ0n) is 14.5. The molecule has 0 aliphatic carbocycles. The van der Waals surface area contributed by atoms with Crippen LogP contribution in [0.25, 0.3) is 0 Å². The molecule has 0 amide bonds. The van der Waals surface area contributed by atoms with E-state index < -0.39 is 18.2 Å². The first-order chi connectivity index (χ1) is 12.0. The summed E-state index contributed by atoms with van der Waals surface area (Å²) in [6, 6.07) is 5.77. The van der Waals surface area contributed by atoms with Crippen LogP contribution in [0.3, 0.4) is 0 Å². The van der Waals surface area contributed by atoms with E-state index in [1.807, 2.05) is 0 Å². The van der Waals surface area contributed by atoms with E-state index in [-0.39, 0.29) is 54.6 Å². The van der Waals surface area contributed by atoms with Crippen LogP contribution in [0.2, 0.25) is 0 Å². The van der Waals surface area contributed by atoms with Crippen LogP contribution in [-0.2, 0) is 4.79 Å². The first kappa shape index (κ1) is 24.1. The maximum atomic E-state index is 12.7. The zero-order chi connectivity index (χ0) is 18.5. The molecular formula is C20H18FNaO4. The fourth-order valence-corrected chi connectivity index (χ4v) is 1.63. The summed E-state index contributed by atoms with van der Waals surface area (Å²) in [5.74, 6) is 9.10. The monoisotopic (exact) mass is 364 g/mol. The largest absolute Gasteiger partial charge is 1.00 e. The van der Waals surface area contributed by atoms with Gasteiger partial charge in [-0.05, 0) is 43.2 Å². The minimum absolute atomic E-state index is 0. The van der Waals surface area contributed by atoms with Crippen molar-refractivity contribution in [2.45, 2.75) is 31.5 Å². The fourth-order valence-electron chi connectivity index (χ4n) is 1.63. The number of carboxylic acids is 1. The molecule has 6 heteroatoms. The van der Waals surface area contributed by atoms with Gasteiger partial charge < -0.3 is 20.1 Å². The number of halogens is 1.